The van der Waals surface area contributed by atoms with Crippen molar-refractivity contribution in [3.05, 3.63) is 48.4 Å². The minimum Gasteiger partial charge on any atom is -0.491 e. The average Bonchev–Trinajstić information content (AvgIpc) is 3.20. The maximum absolute atomic E-state index is 13.3. The van der Waals surface area contributed by atoms with E-state index in [4.69, 9.17) is 15.6 Å². The highest BCUT2D eigenvalue weighted by Crippen LogP contribution is 2.65. The Morgan fingerprint density at radius 1 is 1.16 bits per heavy atom. The maximum Gasteiger partial charge on any atom is 0.173 e. The van der Waals surface area contributed by atoms with Gasteiger partial charge >= 0.3 is 0 Å². The van der Waals surface area contributed by atoms with Crippen molar-refractivity contribution in [3.63, 3.8) is 0 Å². The zero-order valence-electron chi connectivity index (χ0n) is 23.4. The monoisotopic (exact) mass is 515 g/mol. The summed E-state index contributed by atoms with van der Waals surface area (Å²) in [7, 11) is 1.00. The molecule has 3 rings (SSSR count). The van der Waals surface area contributed by atoms with Gasteiger partial charge in [-0.25, -0.2) is 0 Å². The van der Waals surface area contributed by atoms with Crippen molar-refractivity contribution in [3.8, 4) is 0 Å². The quantitative estimate of drug-likeness (QED) is 0.114. The average molecular weight is 516 g/mol. The molecule has 37 heavy (non-hydrogen) atoms. The third-order valence-electron chi connectivity index (χ3n) is 9.38. The molecule has 3 saturated carbocycles. The number of aldehydes is 1. The third-order valence-corrected chi connectivity index (χ3v) is 9.38. The van der Waals surface area contributed by atoms with E-state index >= 15 is 0 Å². The van der Waals surface area contributed by atoms with Crippen molar-refractivity contribution in [2.24, 2.45) is 40.2 Å². The molecule has 6 nitrogen and oxygen atoms in total. The van der Waals surface area contributed by atoms with Crippen LogP contribution in [0.15, 0.2) is 48.4 Å². The van der Waals surface area contributed by atoms with Gasteiger partial charge in [0.2, 0.25) is 0 Å². The van der Waals surface area contributed by atoms with Crippen LogP contribution in [0.25, 0.3) is 0 Å². The molecule has 0 saturated heterocycles. The van der Waals surface area contributed by atoms with Gasteiger partial charge in [0.25, 0.3) is 0 Å². The molecule has 7 atom stereocenters. The van der Waals surface area contributed by atoms with Crippen LogP contribution in [-0.4, -0.2) is 42.1 Å². The highest BCUT2D eigenvalue weighted by atomic mass is 16.5. The van der Waals surface area contributed by atoms with E-state index in [0.29, 0.717) is 36.1 Å². The summed E-state index contributed by atoms with van der Waals surface area (Å²) < 4.78 is 5.78. The Morgan fingerprint density at radius 3 is 2.46 bits per heavy atom. The molecule has 0 heterocycles. The topological polar surface area (TPSA) is 110 Å². The number of hydrogen-bond donors (Lipinski definition) is 3. The highest BCUT2D eigenvalue weighted by molar-refractivity contribution is 5.83. The van der Waals surface area contributed by atoms with Gasteiger partial charge in [0, 0.05) is 36.5 Å². The number of Topliss-reactive ketones (excluding diaryl/α,β-unsaturated/α-hetero) is 1. The van der Waals surface area contributed by atoms with Gasteiger partial charge in [0.1, 0.15) is 12.9 Å². The molecule has 0 aromatic heterocycles. The summed E-state index contributed by atoms with van der Waals surface area (Å²) in [5.41, 5.74) is 6.85. The molecule has 6 heteroatoms. The Morgan fingerprint density at radius 2 is 1.84 bits per heavy atom. The molecule has 3 aliphatic carbocycles. The highest BCUT2D eigenvalue weighted by Gasteiger charge is 2.62. The normalized spacial score (nSPS) is 35.7. The molecule has 208 valence electrons. The van der Waals surface area contributed by atoms with Gasteiger partial charge < -0.3 is 20.7 Å². The van der Waals surface area contributed by atoms with Crippen LogP contribution < -0.4 is 5.73 Å². The number of rotatable bonds is 11. The number of carbonyl (C=O) groups excluding carboxylic acids is 2. The summed E-state index contributed by atoms with van der Waals surface area (Å²) in [6.07, 6.45) is 13.9. The first kappa shape index (κ1) is 31.0. The summed E-state index contributed by atoms with van der Waals surface area (Å²) in [6.45, 7) is 14.1. The van der Waals surface area contributed by atoms with Crippen LogP contribution in [-0.2, 0) is 14.3 Å². The lowest BCUT2D eigenvalue weighted by Crippen LogP contribution is -2.56. The van der Waals surface area contributed by atoms with Crippen LogP contribution in [0.4, 0.5) is 0 Å². The van der Waals surface area contributed by atoms with Gasteiger partial charge in [0.05, 0.1) is 11.9 Å². The number of unbranched alkanes of at least 4 members (excludes halogenated alkanes) is 1. The third kappa shape index (κ3) is 6.64. The van der Waals surface area contributed by atoms with Crippen LogP contribution in [0, 0.1) is 34.5 Å². The zero-order chi connectivity index (χ0) is 27.8. The van der Waals surface area contributed by atoms with Gasteiger partial charge in [0.15, 0.2) is 5.78 Å². The molecular formula is C31H49NO5. The number of allylic oxidation sites excluding steroid dienone is 6. The summed E-state index contributed by atoms with van der Waals surface area (Å²) in [6, 6.07) is 0. The molecule has 6 unspecified atom stereocenters. The fourth-order valence-electron chi connectivity index (χ4n) is 7.86. The van der Waals surface area contributed by atoms with Gasteiger partial charge in [-0.05, 0) is 81.6 Å². The lowest BCUT2D eigenvalue weighted by atomic mass is 9.47. The molecule has 0 bridgehead atoms. The van der Waals surface area contributed by atoms with E-state index in [0.717, 1.165) is 63.9 Å². The number of aliphatic hydroxyl groups excluding tert-OH is 2. The first-order chi connectivity index (χ1) is 17.6. The molecule has 0 aromatic rings. The number of hydrogen-bond acceptors (Lipinski definition) is 6. The number of aliphatic hydroxyl groups is 2. The van der Waals surface area contributed by atoms with E-state index in [1.165, 1.54) is 0 Å². The van der Waals surface area contributed by atoms with Crippen LogP contribution in [0.5, 0.6) is 0 Å². The number of carbonyl (C=O) groups is 2. The molecule has 0 spiro atoms. The molecule has 4 N–H and O–H groups in total. The van der Waals surface area contributed by atoms with Crippen molar-refractivity contribution in [2.75, 3.05) is 13.7 Å². The number of nitrogens with two attached hydrogens (primary N) is 1. The van der Waals surface area contributed by atoms with Gasteiger partial charge in [-0.15, -0.1) is 0 Å². The molecule has 3 aliphatic rings. The second-order valence-electron chi connectivity index (χ2n) is 11.5. The summed E-state index contributed by atoms with van der Waals surface area (Å²) >= 11 is 0. The van der Waals surface area contributed by atoms with E-state index in [-0.39, 0.29) is 35.1 Å². The van der Waals surface area contributed by atoms with E-state index in [2.05, 4.69) is 33.1 Å². The first-order valence-electron chi connectivity index (χ1n) is 13.8. The summed E-state index contributed by atoms with van der Waals surface area (Å²) in [4.78, 5) is 24.7. The van der Waals surface area contributed by atoms with Crippen molar-refractivity contribution in [1.29, 1.82) is 0 Å². The fraction of sp³-hybridized carbons (Fsp3) is 0.677. The number of ketones is 1. The van der Waals surface area contributed by atoms with E-state index in [1.807, 2.05) is 13.0 Å². The Kier molecular flexibility index (Phi) is 11.4. The van der Waals surface area contributed by atoms with E-state index < -0.39 is 6.10 Å². The van der Waals surface area contributed by atoms with Crippen molar-refractivity contribution < 1.29 is 24.5 Å². The SMILES string of the molecule is C=C(N)CCCCC(=C)OCC(=O)[C@H]1CCC2C3CC/C(=C/C=O)C(C)(/C=C\C)C3C(O)CC21C.CO. The summed E-state index contributed by atoms with van der Waals surface area (Å²) in [5, 5.41) is 18.5. The van der Waals surface area contributed by atoms with E-state index in [1.54, 1.807) is 6.08 Å². The Bertz CT molecular complexity index is 892. The lowest BCUT2D eigenvalue weighted by molar-refractivity contribution is -0.141. The molecular weight excluding hydrogens is 466 g/mol. The lowest BCUT2D eigenvalue weighted by Gasteiger charge is -2.58. The van der Waals surface area contributed by atoms with Crippen molar-refractivity contribution >= 4 is 12.1 Å². The van der Waals surface area contributed by atoms with Crippen LogP contribution in [0.3, 0.4) is 0 Å². The zero-order valence-corrected chi connectivity index (χ0v) is 23.4. The van der Waals surface area contributed by atoms with Crippen LogP contribution in [0.1, 0.15) is 78.6 Å². The second kappa shape index (κ2) is 13.6. The molecule has 0 aliphatic heterocycles. The molecule has 0 amide bonds. The molecule has 0 radical (unpaired) electrons. The number of fused-ring (bicyclic) bond motifs is 3. The van der Waals surface area contributed by atoms with Crippen LogP contribution >= 0.6 is 0 Å². The summed E-state index contributed by atoms with van der Waals surface area (Å²) in [5.74, 6) is 1.46. The number of ether oxygens (including phenoxy) is 1. The standard InChI is InChI=1S/C30H45NO4.CH4O/c1-6-16-29(4)22(15-17-32)11-12-23-24-13-14-25(30(24,5)18-26(33)28(23)29)27(34)19-35-21(3)10-8-7-9-20(2)31;1-2/h6,15-17,23-26,28,33H,2-3,7-14,18-19,31H2,1,4-5H3;2H,1H3/b16-6-,22-15-;/t23?,24?,25-,26?,28?,29?,30?;/m1./s1. The van der Waals surface area contributed by atoms with Gasteiger partial charge in [-0.3, -0.25) is 9.59 Å². The van der Waals surface area contributed by atoms with Crippen molar-refractivity contribution in [2.45, 2.75) is 84.7 Å². The van der Waals surface area contributed by atoms with Crippen LogP contribution in [0.2, 0.25) is 0 Å². The Balaban J connectivity index is 0.00000235. The largest absolute Gasteiger partial charge is 0.491 e. The minimum atomic E-state index is -0.514. The maximum atomic E-state index is 13.3. The Hall–Kier alpha value is -2.18. The Labute approximate surface area is 223 Å². The van der Waals surface area contributed by atoms with Gasteiger partial charge in [-0.1, -0.05) is 44.7 Å². The minimum absolute atomic E-state index is 0.0576. The predicted octanol–water partition coefficient (Wildman–Crippen LogP) is 5.26. The predicted molar refractivity (Wildman–Crippen MR) is 148 cm³/mol. The first-order valence-corrected chi connectivity index (χ1v) is 13.8. The second-order valence-corrected chi connectivity index (χ2v) is 11.5. The van der Waals surface area contributed by atoms with E-state index in [9.17, 15) is 14.7 Å². The fourth-order valence-corrected chi connectivity index (χ4v) is 7.86. The molecule has 0 aromatic carbocycles. The smallest absolute Gasteiger partial charge is 0.173 e. The van der Waals surface area contributed by atoms with Gasteiger partial charge in [-0.2, -0.15) is 0 Å². The van der Waals surface area contributed by atoms with Crippen molar-refractivity contribution in [1.82, 2.24) is 0 Å². The molecule has 3 fully saturated rings.